The Morgan fingerprint density at radius 3 is 1.93 bits per heavy atom. The number of rotatable bonds is 4. The molecule has 0 aromatic heterocycles. The second-order valence-electron chi connectivity index (χ2n) is 9.76. The lowest BCUT2D eigenvalue weighted by Crippen LogP contribution is -2.44. The standard InChI is InChI=1S/C14H15N.C12H23N/c15-11-14(12-7-3-1-4-8-12)13-9-5-2-6-10-13;1-5-13-8-10-6-11(2,3)9-12(13,4)7-10/h1-10,14H,11,15H2;10H,5-9H2,1-4H3. The molecular weight excluding hydrogens is 340 g/mol. The number of fused-ring (bicyclic) bond motifs is 2. The molecule has 4 rings (SSSR count). The second kappa shape index (κ2) is 8.80. The van der Waals surface area contributed by atoms with Crippen LogP contribution >= 0.6 is 0 Å². The summed E-state index contributed by atoms with van der Waals surface area (Å²) in [5, 5.41) is 0. The van der Waals surface area contributed by atoms with Gasteiger partial charge in [-0.1, -0.05) is 81.4 Å². The number of hydrogen-bond acceptors (Lipinski definition) is 2. The molecule has 2 N–H and O–H groups in total. The van der Waals surface area contributed by atoms with Crippen molar-refractivity contribution in [2.75, 3.05) is 19.6 Å². The van der Waals surface area contributed by atoms with Crippen LogP contribution in [0.4, 0.5) is 0 Å². The van der Waals surface area contributed by atoms with E-state index in [1.807, 2.05) is 12.1 Å². The molecular formula is C26H38N2. The lowest BCUT2D eigenvalue weighted by atomic mass is 9.67. The van der Waals surface area contributed by atoms with Crippen LogP contribution in [0.5, 0.6) is 0 Å². The zero-order valence-corrected chi connectivity index (χ0v) is 18.2. The predicted octanol–water partition coefficient (Wildman–Crippen LogP) is 5.68. The fourth-order valence-corrected chi connectivity index (χ4v) is 5.90. The molecule has 0 amide bonds. The summed E-state index contributed by atoms with van der Waals surface area (Å²) >= 11 is 0. The molecule has 0 radical (unpaired) electrons. The van der Waals surface area contributed by atoms with E-state index in [0.717, 1.165) is 5.92 Å². The summed E-state index contributed by atoms with van der Waals surface area (Å²) in [5.41, 5.74) is 9.52. The van der Waals surface area contributed by atoms with Crippen LogP contribution in [-0.2, 0) is 0 Å². The van der Waals surface area contributed by atoms with E-state index >= 15 is 0 Å². The molecule has 2 nitrogen and oxygen atoms in total. The van der Waals surface area contributed by atoms with Crippen molar-refractivity contribution in [3.05, 3.63) is 71.8 Å². The van der Waals surface area contributed by atoms with Gasteiger partial charge in [0.2, 0.25) is 0 Å². The Hall–Kier alpha value is -1.64. The molecule has 2 aromatic carbocycles. The van der Waals surface area contributed by atoms with Crippen LogP contribution in [0.15, 0.2) is 60.7 Å². The number of likely N-dealkylation sites (tertiary alicyclic amines) is 1. The van der Waals surface area contributed by atoms with Gasteiger partial charge in [-0.3, -0.25) is 4.90 Å². The molecule has 0 spiro atoms. The van der Waals surface area contributed by atoms with E-state index in [1.54, 1.807) is 0 Å². The quantitative estimate of drug-likeness (QED) is 0.741. The fraction of sp³-hybridized carbons (Fsp3) is 0.538. The summed E-state index contributed by atoms with van der Waals surface area (Å²) in [6, 6.07) is 20.8. The first kappa shape index (κ1) is 21.1. The zero-order chi connectivity index (χ0) is 20.2. The van der Waals surface area contributed by atoms with E-state index < -0.39 is 0 Å². The minimum atomic E-state index is 0.312. The molecule has 1 saturated heterocycles. The van der Waals surface area contributed by atoms with E-state index in [2.05, 4.69) is 81.1 Å². The topological polar surface area (TPSA) is 29.3 Å². The van der Waals surface area contributed by atoms with Gasteiger partial charge in [0.1, 0.15) is 0 Å². The van der Waals surface area contributed by atoms with E-state index in [1.165, 1.54) is 43.5 Å². The van der Waals surface area contributed by atoms with Crippen LogP contribution in [-0.4, -0.2) is 30.1 Å². The molecule has 2 atom stereocenters. The molecule has 2 bridgehead atoms. The Bertz CT molecular complexity index is 685. The van der Waals surface area contributed by atoms with Gasteiger partial charge >= 0.3 is 0 Å². The van der Waals surface area contributed by atoms with Gasteiger partial charge in [-0.05, 0) is 55.2 Å². The highest BCUT2D eigenvalue weighted by Gasteiger charge is 2.49. The van der Waals surface area contributed by atoms with Crippen LogP contribution in [0, 0.1) is 11.3 Å². The maximum Gasteiger partial charge on any atom is 0.0212 e. The summed E-state index contributed by atoms with van der Waals surface area (Å²) in [4.78, 5) is 2.70. The number of benzene rings is 2. The molecule has 1 saturated carbocycles. The normalized spacial score (nSPS) is 26.0. The first-order chi connectivity index (χ1) is 13.4. The monoisotopic (exact) mass is 378 g/mol. The highest BCUT2D eigenvalue weighted by atomic mass is 15.2. The van der Waals surface area contributed by atoms with Crippen LogP contribution in [0.1, 0.15) is 64.0 Å². The predicted molar refractivity (Wildman–Crippen MR) is 121 cm³/mol. The van der Waals surface area contributed by atoms with Crippen molar-refractivity contribution in [2.45, 2.75) is 58.4 Å². The third kappa shape index (κ3) is 4.85. The van der Waals surface area contributed by atoms with E-state index in [-0.39, 0.29) is 0 Å². The van der Waals surface area contributed by atoms with Crippen molar-refractivity contribution in [1.29, 1.82) is 0 Å². The summed E-state index contributed by atoms with van der Waals surface area (Å²) in [5.74, 6) is 1.29. The maximum absolute atomic E-state index is 5.84. The number of hydrogen-bond donors (Lipinski definition) is 1. The summed E-state index contributed by atoms with van der Waals surface area (Å²) in [6.07, 6.45) is 4.29. The minimum absolute atomic E-state index is 0.312. The van der Waals surface area contributed by atoms with Crippen LogP contribution in [0.3, 0.4) is 0 Å². The number of nitrogens with two attached hydrogens (primary N) is 1. The molecule has 28 heavy (non-hydrogen) atoms. The molecule has 2 fully saturated rings. The Morgan fingerprint density at radius 1 is 0.929 bits per heavy atom. The Labute approximate surface area is 172 Å². The summed E-state index contributed by atoms with van der Waals surface area (Å²) in [7, 11) is 0. The Kier molecular flexibility index (Phi) is 6.62. The maximum atomic E-state index is 5.84. The molecule has 2 heteroatoms. The van der Waals surface area contributed by atoms with Crippen molar-refractivity contribution in [3.63, 3.8) is 0 Å². The van der Waals surface area contributed by atoms with Gasteiger partial charge in [-0.2, -0.15) is 0 Å². The van der Waals surface area contributed by atoms with E-state index in [9.17, 15) is 0 Å². The van der Waals surface area contributed by atoms with E-state index in [4.69, 9.17) is 5.73 Å². The highest BCUT2D eigenvalue weighted by molar-refractivity contribution is 5.32. The van der Waals surface area contributed by atoms with Crippen molar-refractivity contribution >= 4 is 0 Å². The van der Waals surface area contributed by atoms with Gasteiger partial charge in [-0.15, -0.1) is 0 Å². The molecule has 2 unspecified atom stereocenters. The smallest absolute Gasteiger partial charge is 0.0212 e. The molecule has 1 aliphatic carbocycles. The fourth-order valence-electron chi connectivity index (χ4n) is 5.90. The Balaban J connectivity index is 0.000000162. The van der Waals surface area contributed by atoms with Gasteiger partial charge in [0.25, 0.3) is 0 Å². The zero-order valence-electron chi connectivity index (χ0n) is 18.2. The van der Waals surface area contributed by atoms with Crippen LogP contribution < -0.4 is 5.73 Å². The van der Waals surface area contributed by atoms with Crippen LogP contribution in [0.25, 0.3) is 0 Å². The highest BCUT2D eigenvalue weighted by Crippen LogP contribution is 2.51. The molecule has 1 heterocycles. The minimum Gasteiger partial charge on any atom is -0.330 e. The Morgan fingerprint density at radius 2 is 1.46 bits per heavy atom. The first-order valence-electron chi connectivity index (χ1n) is 10.9. The lowest BCUT2D eigenvalue weighted by Gasteiger charge is -2.43. The SMILES string of the molecule is CCN1CC2CC(C)(C)CC1(C)C2.NCC(c1ccccc1)c1ccccc1. The molecule has 2 aromatic rings. The van der Waals surface area contributed by atoms with Gasteiger partial charge < -0.3 is 5.73 Å². The lowest BCUT2D eigenvalue weighted by molar-refractivity contribution is 0.0867. The molecule has 1 aliphatic heterocycles. The summed E-state index contributed by atoms with van der Waals surface area (Å²) < 4.78 is 0. The largest absolute Gasteiger partial charge is 0.330 e. The van der Waals surface area contributed by atoms with Gasteiger partial charge in [0.15, 0.2) is 0 Å². The van der Waals surface area contributed by atoms with Crippen molar-refractivity contribution < 1.29 is 0 Å². The van der Waals surface area contributed by atoms with Gasteiger partial charge in [0, 0.05) is 24.5 Å². The van der Waals surface area contributed by atoms with Gasteiger partial charge in [0.05, 0.1) is 0 Å². The van der Waals surface area contributed by atoms with Crippen molar-refractivity contribution in [1.82, 2.24) is 4.90 Å². The second-order valence-corrected chi connectivity index (χ2v) is 9.76. The molecule has 2 aliphatic rings. The number of nitrogens with zero attached hydrogens (tertiary/aromatic N) is 1. The van der Waals surface area contributed by atoms with Crippen molar-refractivity contribution in [3.8, 4) is 0 Å². The average Bonchev–Trinajstić information content (AvgIpc) is 2.92. The van der Waals surface area contributed by atoms with E-state index in [0.29, 0.717) is 23.4 Å². The third-order valence-electron chi connectivity index (χ3n) is 6.69. The van der Waals surface area contributed by atoms with Gasteiger partial charge in [-0.25, -0.2) is 0 Å². The first-order valence-corrected chi connectivity index (χ1v) is 10.9. The molecule has 152 valence electrons. The third-order valence-corrected chi connectivity index (χ3v) is 6.69. The summed E-state index contributed by atoms with van der Waals surface area (Å²) in [6.45, 7) is 12.9. The van der Waals surface area contributed by atoms with Crippen LogP contribution in [0.2, 0.25) is 0 Å². The average molecular weight is 379 g/mol. The van der Waals surface area contributed by atoms with Crippen molar-refractivity contribution in [2.24, 2.45) is 17.1 Å².